The van der Waals surface area contributed by atoms with E-state index in [1.165, 1.54) is 5.56 Å². The zero-order valence-corrected chi connectivity index (χ0v) is 11.5. The molecule has 2 aromatic carbocycles. The van der Waals surface area contributed by atoms with Crippen LogP contribution < -0.4 is 4.74 Å². The Balaban J connectivity index is 1.64. The number of fused-ring (bicyclic) bond motifs is 2. The van der Waals surface area contributed by atoms with Crippen molar-refractivity contribution in [2.45, 2.75) is 19.1 Å². The van der Waals surface area contributed by atoms with Gasteiger partial charge in [-0.25, -0.2) is 0 Å². The summed E-state index contributed by atoms with van der Waals surface area (Å²) in [5, 5.41) is 10.2. The normalized spacial score (nSPS) is 16.4. The lowest BCUT2D eigenvalue weighted by atomic mass is 10.1. The SMILES string of the molecule is N#Cc1cccc2c1ccn2CC1Cc2ccccc2O1. The van der Waals surface area contributed by atoms with Gasteiger partial charge >= 0.3 is 0 Å². The van der Waals surface area contributed by atoms with Gasteiger partial charge in [0.15, 0.2) is 0 Å². The number of rotatable bonds is 2. The molecule has 4 rings (SSSR count). The minimum atomic E-state index is 0.156. The average molecular weight is 274 g/mol. The molecule has 21 heavy (non-hydrogen) atoms. The lowest BCUT2D eigenvalue weighted by Crippen LogP contribution is -2.20. The molecule has 1 aromatic heterocycles. The number of hydrogen-bond acceptors (Lipinski definition) is 2. The predicted molar refractivity (Wildman–Crippen MR) is 81.2 cm³/mol. The molecule has 3 heteroatoms. The van der Waals surface area contributed by atoms with E-state index in [1.807, 2.05) is 36.5 Å². The van der Waals surface area contributed by atoms with Crippen LogP contribution in [-0.4, -0.2) is 10.7 Å². The van der Waals surface area contributed by atoms with Crippen molar-refractivity contribution in [3.05, 3.63) is 65.9 Å². The van der Waals surface area contributed by atoms with Crippen LogP contribution in [0.15, 0.2) is 54.7 Å². The van der Waals surface area contributed by atoms with Gasteiger partial charge in [0, 0.05) is 23.5 Å². The molecule has 0 saturated carbocycles. The lowest BCUT2D eigenvalue weighted by molar-refractivity contribution is 0.211. The Morgan fingerprint density at radius 1 is 1.14 bits per heavy atom. The molecule has 0 saturated heterocycles. The molecule has 1 atom stereocenters. The first-order chi connectivity index (χ1) is 10.3. The van der Waals surface area contributed by atoms with Crippen LogP contribution in [0.4, 0.5) is 0 Å². The fraction of sp³-hybridized carbons (Fsp3) is 0.167. The smallest absolute Gasteiger partial charge is 0.123 e. The number of benzene rings is 2. The predicted octanol–water partition coefficient (Wildman–Crippen LogP) is 3.52. The quantitative estimate of drug-likeness (QED) is 0.717. The van der Waals surface area contributed by atoms with E-state index >= 15 is 0 Å². The third-order valence-corrected chi connectivity index (χ3v) is 4.05. The monoisotopic (exact) mass is 274 g/mol. The van der Waals surface area contributed by atoms with E-state index < -0.39 is 0 Å². The Bertz CT molecular complexity index is 832. The summed E-state index contributed by atoms with van der Waals surface area (Å²) in [5.74, 6) is 0.997. The minimum Gasteiger partial charge on any atom is -0.488 e. The van der Waals surface area contributed by atoms with Gasteiger partial charge in [-0.2, -0.15) is 5.26 Å². The maximum absolute atomic E-state index is 9.16. The van der Waals surface area contributed by atoms with E-state index in [-0.39, 0.29) is 6.10 Å². The number of aromatic nitrogens is 1. The molecule has 3 nitrogen and oxygen atoms in total. The number of nitriles is 1. The maximum Gasteiger partial charge on any atom is 0.123 e. The average Bonchev–Trinajstić information content (AvgIpc) is 3.11. The minimum absolute atomic E-state index is 0.156. The van der Waals surface area contributed by atoms with Gasteiger partial charge in [-0.3, -0.25) is 0 Å². The molecular weight excluding hydrogens is 260 g/mol. The molecule has 0 bridgehead atoms. The van der Waals surface area contributed by atoms with Crippen LogP contribution in [0.25, 0.3) is 10.9 Å². The molecular formula is C18H14N2O. The summed E-state index contributed by atoms with van der Waals surface area (Å²) in [7, 11) is 0. The van der Waals surface area contributed by atoms with Gasteiger partial charge in [0.1, 0.15) is 11.9 Å². The van der Waals surface area contributed by atoms with Crippen LogP contribution in [0.5, 0.6) is 5.75 Å². The second-order valence-electron chi connectivity index (χ2n) is 5.37. The molecule has 0 aliphatic carbocycles. The van der Waals surface area contributed by atoms with Crippen molar-refractivity contribution >= 4 is 10.9 Å². The second kappa shape index (κ2) is 4.68. The lowest BCUT2D eigenvalue weighted by Gasteiger charge is -2.13. The molecule has 0 spiro atoms. The Hall–Kier alpha value is -2.73. The van der Waals surface area contributed by atoms with E-state index in [2.05, 4.69) is 28.8 Å². The second-order valence-corrected chi connectivity index (χ2v) is 5.37. The van der Waals surface area contributed by atoms with Crippen molar-refractivity contribution in [2.24, 2.45) is 0 Å². The molecule has 0 fully saturated rings. The largest absolute Gasteiger partial charge is 0.488 e. The van der Waals surface area contributed by atoms with Crippen LogP contribution in [0.3, 0.4) is 0 Å². The molecule has 1 unspecified atom stereocenters. The van der Waals surface area contributed by atoms with E-state index in [0.29, 0.717) is 0 Å². The summed E-state index contributed by atoms with van der Waals surface area (Å²) in [5.41, 5.74) is 3.09. The van der Waals surface area contributed by atoms with E-state index in [4.69, 9.17) is 10.00 Å². The van der Waals surface area contributed by atoms with Crippen LogP contribution in [0, 0.1) is 11.3 Å². The topological polar surface area (TPSA) is 38.0 Å². The van der Waals surface area contributed by atoms with Gasteiger partial charge in [-0.05, 0) is 29.8 Å². The van der Waals surface area contributed by atoms with Crippen molar-refractivity contribution < 1.29 is 4.74 Å². The fourth-order valence-electron chi connectivity index (χ4n) is 3.06. The number of para-hydroxylation sites is 1. The number of ether oxygens (including phenoxy) is 1. The standard InChI is InChI=1S/C18H14N2O/c19-11-14-5-3-6-17-16(14)8-9-20(17)12-15-10-13-4-1-2-7-18(13)21-15/h1-9,15H,10,12H2. The molecule has 3 aromatic rings. The third kappa shape index (κ3) is 1.96. The third-order valence-electron chi connectivity index (χ3n) is 4.05. The van der Waals surface area contributed by atoms with Gasteiger partial charge in [0.05, 0.1) is 18.2 Å². The first kappa shape index (κ1) is 12.0. The zero-order valence-electron chi connectivity index (χ0n) is 11.5. The highest BCUT2D eigenvalue weighted by Crippen LogP contribution is 2.29. The highest BCUT2D eigenvalue weighted by atomic mass is 16.5. The van der Waals surface area contributed by atoms with Crippen LogP contribution in [0.1, 0.15) is 11.1 Å². The van der Waals surface area contributed by atoms with Gasteiger partial charge in [0.25, 0.3) is 0 Å². The Labute approximate surface area is 123 Å². The number of hydrogen-bond donors (Lipinski definition) is 0. The first-order valence-electron chi connectivity index (χ1n) is 7.07. The summed E-state index contributed by atoms with van der Waals surface area (Å²) < 4.78 is 8.17. The summed E-state index contributed by atoms with van der Waals surface area (Å²) in [6.45, 7) is 0.799. The van der Waals surface area contributed by atoms with Crippen molar-refractivity contribution in [2.75, 3.05) is 0 Å². The van der Waals surface area contributed by atoms with Crippen molar-refractivity contribution in [1.82, 2.24) is 4.57 Å². The maximum atomic E-state index is 9.16. The number of nitrogens with zero attached hydrogens (tertiary/aromatic N) is 2. The molecule has 1 aliphatic heterocycles. The van der Waals surface area contributed by atoms with Crippen molar-refractivity contribution in [3.8, 4) is 11.8 Å². The summed E-state index contributed by atoms with van der Waals surface area (Å²) >= 11 is 0. The first-order valence-corrected chi connectivity index (χ1v) is 7.07. The van der Waals surface area contributed by atoms with E-state index in [0.717, 1.165) is 35.2 Å². The zero-order chi connectivity index (χ0) is 14.2. The fourth-order valence-corrected chi connectivity index (χ4v) is 3.06. The molecule has 0 N–H and O–H groups in total. The van der Waals surface area contributed by atoms with Crippen molar-refractivity contribution in [1.29, 1.82) is 5.26 Å². The Morgan fingerprint density at radius 2 is 2.05 bits per heavy atom. The van der Waals surface area contributed by atoms with Crippen LogP contribution in [-0.2, 0) is 13.0 Å². The van der Waals surface area contributed by atoms with Crippen LogP contribution >= 0.6 is 0 Å². The Morgan fingerprint density at radius 3 is 2.90 bits per heavy atom. The van der Waals surface area contributed by atoms with Gasteiger partial charge < -0.3 is 9.30 Å². The molecule has 102 valence electrons. The van der Waals surface area contributed by atoms with Gasteiger partial charge in [-0.1, -0.05) is 24.3 Å². The van der Waals surface area contributed by atoms with Gasteiger partial charge in [0.2, 0.25) is 0 Å². The summed E-state index contributed by atoms with van der Waals surface area (Å²) in [4.78, 5) is 0. The van der Waals surface area contributed by atoms with Crippen LogP contribution in [0.2, 0.25) is 0 Å². The molecule has 0 amide bonds. The Kier molecular flexibility index (Phi) is 2.68. The molecule has 2 heterocycles. The van der Waals surface area contributed by atoms with Crippen molar-refractivity contribution in [3.63, 3.8) is 0 Å². The highest BCUT2D eigenvalue weighted by Gasteiger charge is 2.23. The molecule has 0 radical (unpaired) electrons. The van der Waals surface area contributed by atoms with E-state index in [9.17, 15) is 0 Å². The summed E-state index contributed by atoms with van der Waals surface area (Å²) in [6.07, 6.45) is 3.13. The highest BCUT2D eigenvalue weighted by molar-refractivity contribution is 5.86. The molecule has 1 aliphatic rings. The van der Waals surface area contributed by atoms with Gasteiger partial charge in [-0.15, -0.1) is 0 Å². The van der Waals surface area contributed by atoms with E-state index in [1.54, 1.807) is 0 Å². The summed E-state index contributed by atoms with van der Waals surface area (Å²) in [6, 6.07) is 18.3.